The first-order valence-electron chi connectivity index (χ1n) is 5.15. The van der Waals surface area contributed by atoms with Crippen molar-refractivity contribution >= 4 is 11.8 Å². The maximum atomic E-state index is 11.8. The van der Waals surface area contributed by atoms with Gasteiger partial charge in [0, 0.05) is 13.1 Å². The van der Waals surface area contributed by atoms with Gasteiger partial charge in [-0.25, -0.2) is 4.79 Å². The smallest absolute Gasteiger partial charge is 0.364 e. The Morgan fingerprint density at radius 3 is 2.71 bits per heavy atom. The first-order valence-corrected chi connectivity index (χ1v) is 5.15. The highest BCUT2D eigenvalue weighted by Gasteiger charge is 2.14. The van der Waals surface area contributed by atoms with Gasteiger partial charge in [0.1, 0.15) is 11.6 Å². The van der Waals surface area contributed by atoms with Crippen LogP contribution in [0.2, 0.25) is 0 Å². The number of nitrogens with two attached hydrogens (primary N) is 1. The highest BCUT2D eigenvalue weighted by Crippen LogP contribution is 2.18. The van der Waals surface area contributed by atoms with Crippen LogP contribution in [0.1, 0.15) is 16.1 Å². The molecule has 17 heavy (non-hydrogen) atoms. The number of nitrogen functional groups attached to an aromatic ring is 1. The maximum absolute atomic E-state index is 11.8. The zero-order chi connectivity index (χ0) is 12.4. The average molecular weight is 231 g/mol. The number of esters is 1. The minimum atomic E-state index is -0.508. The number of carbonyl (C=O) groups excluding carboxylic acids is 1. The van der Waals surface area contributed by atoms with Crippen LogP contribution in [0.15, 0.2) is 30.3 Å². The van der Waals surface area contributed by atoms with Gasteiger partial charge in [-0.15, -0.1) is 0 Å². The summed E-state index contributed by atoms with van der Waals surface area (Å²) >= 11 is 0. The van der Waals surface area contributed by atoms with E-state index < -0.39 is 5.97 Å². The molecule has 0 aliphatic carbocycles. The number of hydrogen-bond acceptors (Lipinski definition) is 4. The van der Waals surface area contributed by atoms with Crippen molar-refractivity contribution in [2.45, 2.75) is 6.92 Å². The number of nitrogens with zero attached hydrogens (tertiary/aromatic N) is 2. The molecule has 0 fully saturated rings. The Balaban J connectivity index is 2.20. The number of para-hydroxylation sites is 1. The Labute approximate surface area is 98.8 Å². The van der Waals surface area contributed by atoms with E-state index in [0.29, 0.717) is 11.6 Å². The number of benzene rings is 1. The molecule has 0 saturated carbocycles. The molecule has 0 saturated heterocycles. The van der Waals surface area contributed by atoms with E-state index in [2.05, 4.69) is 5.10 Å². The van der Waals surface area contributed by atoms with Gasteiger partial charge in [0.2, 0.25) is 0 Å². The number of hydrogen-bond donors (Lipinski definition) is 1. The van der Waals surface area contributed by atoms with E-state index >= 15 is 0 Å². The summed E-state index contributed by atoms with van der Waals surface area (Å²) < 4.78 is 6.65. The van der Waals surface area contributed by atoms with E-state index in [0.717, 1.165) is 5.56 Å². The normalized spacial score (nSPS) is 10.2. The van der Waals surface area contributed by atoms with E-state index in [1.54, 1.807) is 13.1 Å². The summed E-state index contributed by atoms with van der Waals surface area (Å²) in [5, 5.41) is 3.95. The van der Waals surface area contributed by atoms with Crippen molar-refractivity contribution in [3.63, 3.8) is 0 Å². The number of rotatable bonds is 2. The molecule has 0 radical (unpaired) electrons. The van der Waals surface area contributed by atoms with Crippen molar-refractivity contribution in [3.05, 3.63) is 41.6 Å². The second-order valence-corrected chi connectivity index (χ2v) is 3.73. The van der Waals surface area contributed by atoms with Crippen LogP contribution in [0.4, 0.5) is 5.82 Å². The summed E-state index contributed by atoms with van der Waals surface area (Å²) in [6.07, 6.45) is 0. The van der Waals surface area contributed by atoms with Crippen LogP contribution in [0, 0.1) is 6.92 Å². The van der Waals surface area contributed by atoms with Crippen molar-refractivity contribution in [2.75, 3.05) is 5.73 Å². The third kappa shape index (κ3) is 2.28. The van der Waals surface area contributed by atoms with E-state index in [1.165, 1.54) is 10.7 Å². The quantitative estimate of drug-likeness (QED) is 0.628. The highest BCUT2D eigenvalue weighted by atomic mass is 16.5. The monoisotopic (exact) mass is 231 g/mol. The van der Waals surface area contributed by atoms with Crippen molar-refractivity contribution in [1.29, 1.82) is 0 Å². The van der Waals surface area contributed by atoms with E-state index in [9.17, 15) is 4.79 Å². The molecule has 1 aromatic heterocycles. The van der Waals surface area contributed by atoms with Crippen molar-refractivity contribution in [2.24, 2.45) is 7.05 Å². The fourth-order valence-electron chi connectivity index (χ4n) is 1.40. The van der Waals surface area contributed by atoms with Crippen LogP contribution in [-0.2, 0) is 7.05 Å². The molecule has 0 aliphatic rings. The molecule has 0 bridgehead atoms. The molecule has 0 atom stereocenters. The Morgan fingerprint density at radius 1 is 1.41 bits per heavy atom. The lowest BCUT2D eigenvalue weighted by atomic mass is 10.2. The third-order valence-electron chi connectivity index (χ3n) is 2.42. The first-order chi connectivity index (χ1) is 8.08. The molecule has 1 heterocycles. The van der Waals surface area contributed by atoms with Gasteiger partial charge in [-0.3, -0.25) is 4.68 Å². The van der Waals surface area contributed by atoms with Crippen molar-refractivity contribution in [1.82, 2.24) is 9.78 Å². The number of ether oxygens (including phenoxy) is 1. The summed E-state index contributed by atoms with van der Waals surface area (Å²) in [5.41, 5.74) is 6.69. The number of aryl methyl sites for hydroxylation is 2. The number of anilines is 1. The summed E-state index contributed by atoms with van der Waals surface area (Å²) in [4.78, 5) is 11.8. The van der Waals surface area contributed by atoms with Gasteiger partial charge in [-0.1, -0.05) is 18.2 Å². The van der Waals surface area contributed by atoms with Crippen LogP contribution in [0.25, 0.3) is 0 Å². The molecular weight excluding hydrogens is 218 g/mol. The predicted octanol–water partition coefficient (Wildman–Crippen LogP) is 1.53. The molecule has 0 unspecified atom stereocenters. The number of aromatic nitrogens is 2. The minimum Gasteiger partial charge on any atom is -0.421 e. The summed E-state index contributed by atoms with van der Waals surface area (Å²) in [5.74, 6) is 0.440. The molecule has 2 aromatic rings. The standard InChI is InChI=1S/C12H13N3O2/c1-8-5-3-4-6-10(8)17-12(16)9-7-11(13)15(2)14-9/h3-7H,13H2,1-2H3. The Kier molecular flexibility index (Phi) is 2.82. The molecule has 5 heteroatoms. The molecule has 88 valence electrons. The van der Waals surface area contributed by atoms with Gasteiger partial charge < -0.3 is 10.5 Å². The van der Waals surface area contributed by atoms with E-state index in [1.807, 2.05) is 25.1 Å². The lowest BCUT2D eigenvalue weighted by molar-refractivity contribution is 0.0726. The molecule has 2 rings (SSSR count). The van der Waals surface area contributed by atoms with Crippen LogP contribution in [-0.4, -0.2) is 15.7 Å². The molecule has 0 amide bonds. The fourth-order valence-corrected chi connectivity index (χ4v) is 1.40. The molecule has 1 aromatic carbocycles. The van der Waals surface area contributed by atoms with Gasteiger partial charge in [0.05, 0.1) is 0 Å². The molecular formula is C12H13N3O2. The largest absolute Gasteiger partial charge is 0.421 e. The highest BCUT2D eigenvalue weighted by molar-refractivity contribution is 5.89. The zero-order valence-corrected chi connectivity index (χ0v) is 9.68. The van der Waals surface area contributed by atoms with Crippen molar-refractivity contribution in [3.8, 4) is 5.75 Å². The van der Waals surface area contributed by atoms with Crippen LogP contribution < -0.4 is 10.5 Å². The van der Waals surface area contributed by atoms with Gasteiger partial charge in [-0.05, 0) is 18.6 Å². The van der Waals surface area contributed by atoms with Crippen LogP contribution in [0.5, 0.6) is 5.75 Å². The first kappa shape index (κ1) is 11.2. The summed E-state index contributed by atoms with van der Waals surface area (Å²) in [6.45, 7) is 1.87. The predicted molar refractivity (Wildman–Crippen MR) is 63.8 cm³/mol. The summed E-state index contributed by atoms with van der Waals surface area (Å²) in [6, 6.07) is 8.78. The molecule has 0 spiro atoms. The SMILES string of the molecule is Cc1ccccc1OC(=O)c1cc(N)n(C)n1. The Hall–Kier alpha value is -2.30. The van der Waals surface area contributed by atoms with Gasteiger partial charge in [0.25, 0.3) is 0 Å². The minimum absolute atomic E-state index is 0.202. The lowest BCUT2D eigenvalue weighted by Crippen LogP contribution is -2.10. The Morgan fingerprint density at radius 2 is 2.12 bits per heavy atom. The Bertz CT molecular complexity index is 541. The second kappa shape index (κ2) is 4.29. The van der Waals surface area contributed by atoms with E-state index in [-0.39, 0.29) is 5.69 Å². The van der Waals surface area contributed by atoms with E-state index in [4.69, 9.17) is 10.5 Å². The maximum Gasteiger partial charge on any atom is 0.364 e. The number of carbonyl (C=O) groups is 1. The van der Waals surface area contributed by atoms with Crippen molar-refractivity contribution < 1.29 is 9.53 Å². The topological polar surface area (TPSA) is 70.1 Å². The summed E-state index contributed by atoms with van der Waals surface area (Å²) in [7, 11) is 1.67. The van der Waals surface area contributed by atoms with Gasteiger partial charge in [0.15, 0.2) is 5.69 Å². The van der Waals surface area contributed by atoms with Gasteiger partial charge in [-0.2, -0.15) is 5.10 Å². The molecule has 5 nitrogen and oxygen atoms in total. The van der Waals surface area contributed by atoms with Crippen LogP contribution in [0.3, 0.4) is 0 Å². The molecule has 2 N–H and O–H groups in total. The fraction of sp³-hybridized carbons (Fsp3) is 0.167. The lowest BCUT2D eigenvalue weighted by Gasteiger charge is -2.04. The van der Waals surface area contributed by atoms with Crippen LogP contribution >= 0.6 is 0 Å². The third-order valence-corrected chi connectivity index (χ3v) is 2.42. The second-order valence-electron chi connectivity index (χ2n) is 3.73. The van der Waals surface area contributed by atoms with Gasteiger partial charge >= 0.3 is 5.97 Å². The average Bonchev–Trinajstić information content (AvgIpc) is 2.63. The molecule has 0 aliphatic heterocycles. The zero-order valence-electron chi connectivity index (χ0n) is 9.68.